The molecule has 0 aromatic heterocycles. The molecule has 0 spiro atoms. The first-order valence-electron chi connectivity index (χ1n) is 12.8. The molecule has 186 valence electrons. The van der Waals surface area contributed by atoms with Gasteiger partial charge in [0, 0.05) is 28.8 Å². The first kappa shape index (κ1) is 23.4. The summed E-state index contributed by atoms with van der Waals surface area (Å²) >= 11 is 0. The number of carbonyl (C=O) groups excluding carboxylic acids is 1. The van der Waals surface area contributed by atoms with Crippen LogP contribution in [0.1, 0.15) is 49.4 Å². The molecule has 4 heteroatoms. The third-order valence-corrected chi connectivity index (χ3v) is 7.51. The summed E-state index contributed by atoms with van der Waals surface area (Å²) in [7, 11) is 1.66. The Kier molecular flexibility index (Phi) is 5.75. The van der Waals surface area contributed by atoms with Gasteiger partial charge in [-0.1, -0.05) is 86.6 Å². The predicted octanol–water partition coefficient (Wildman–Crippen LogP) is 7.74. The van der Waals surface area contributed by atoms with E-state index in [0.717, 1.165) is 39.9 Å². The highest BCUT2D eigenvalue weighted by Gasteiger charge is 2.41. The summed E-state index contributed by atoms with van der Waals surface area (Å²) in [6.45, 7) is 4.79. The van der Waals surface area contributed by atoms with Gasteiger partial charge < -0.3 is 14.8 Å². The van der Waals surface area contributed by atoms with Gasteiger partial charge in [0.15, 0.2) is 17.3 Å². The van der Waals surface area contributed by atoms with Crippen LogP contribution in [0.2, 0.25) is 0 Å². The summed E-state index contributed by atoms with van der Waals surface area (Å²) in [6, 6.07) is 28.4. The average molecular weight is 490 g/mol. The summed E-state index contributed by atoms with van der Waals surface area (Å²) in [4.78, 5) is 13.8. The van der Waals surface area contributed by atoms with Gasteiger partial charge in [0.05, 0.1) is 13.2 Å². The second-order valence-corrected chi connectivity index (χ2v) is 10.8. The third kappa shape index (κ3) is 4.17. The van der Waals surface area contributed by atoms with Crippen LogP contribution >= 0.6 is 0 Å². The maximum absolute atomic E-state index is 13.8. The summed E-state index contributed by atoms with van der Waals surface area (Å²) in [5.41, 5.74) is 6.07. The molecule has 6 rings (SSSR count). The number of nitrogens with one attached hydrogen (secondary N) is 1. The van der Waals surface area contributed by atoms with Gasteiger partial charge >= 0.3 is 0 Å². The van der Waals surface area contributed by atoms with E-state index in [4.69, 9.17) is 9.47 Å². The van der Waals surface area contributed by atoms with Crippen molar-refractivity contribution in [3.8, 4) is 11.5 Å². The first-order valence-corrected chi connectivity index (χ1v) is 12.8. The predicted molar refractivity (Wildman–Crippen MR) is 149 cm³/mol. The van der Waals surface area contributed by atoms with E-state index in [1.807, 2.05) is 48.5 Å². The van der Waals surface area contributed by atoms with Crippen molar-refractivity contribution in [3.63, 3.8) is 0 Å². The molecule has 1 aliphatic heterocycles. The van der Waals surface area contributed by atoms with Crippen molar-refractivity contribution >= 4 is 27.8 Å². The molecular weight excluding hydrogens is 458 g/mol. The van der Waals surface area contributed by atoms with Gasteiger partial charge in [0.2, 0.25) is 0 Å². The average Bonchev–Trinajstić information content (AvgIpc) is 2.90. The number of allylic oxidation sites excluding steroid dienone is 1. The lowest BCUT2D eigenvalue weighted by molar-refractivity contribution is -0.118. The number of rotatable bonds is 5. The van der Waals surface area contributed by atoms with E-state index in [9.17, 15) is 4.79 Å². The monoisotopic (exact) mass is 489 g/mol. The van der Waals surface area contributed by atoms with Gasteiger partial charge in [0.25, 0.3) is 0 Å². The summed E-state index contributed by atoms with van der Waals surface area (Å²) in [6.07, 6.45) is 1.37. The van der Waals surface area contributed by atoms with E-state index < -0.39 is 0 Å². The van der Waals surface area contributed by atoms with E-state index >= 15 is 0 Å². The van der Waals surface area contributed by atoms with Gasteiger partial charge in [0.1, 0.15) is 6.61 Å². The Morgan fingerprint density at radius 3 is 2.49 bits per heavy atom. The molecule has 0 amide bonds. The van der Waals surface area contributed by atoms with E-state index in [-0.39, 0.29) is 17.2 Å². The fraction of sp³-hybridized carbons (Fsp3) is 0.242. The summed E-state index contributed by atoms with van der Waals surface area (Å²) in [5, 5.41) is 6.09. The van der Waals surface area contributed by atoms with E-state index in [1.165, 1.54) is 10.8 Å². The van der Waals surface area contributed by atoms with Crippen LogP contribution in [-0.2, 0) is 11.4 Å². The maximum Gasteiger partial charge on any atom is 0.167 e. The molecule has 1 aliphatic carbocycles. The highest BCUT2D eigenvalue weighted by Crippen LogP contribution is 2.53. The van der Waals surface area contributed by atoms with Crippen LogP contribution in [0.3, 0.4) is 0 Å². The molecule has 4 aromatic rings. The van der Waals surface area contributed by atoms with Gasteiger partial charge in [-0.25, -0.2) is 0 Å². The van der Waals surface area contributed by atoms with E-state index in [0.29, 0.717) is 24.5 Å². The zero-order chi connectivity index (χ0) is 25.6. The third-order valence-electron chi connectivity index (χ3n) is 7.51. The van der Waals surface area contributed by atoms with Crippen LogP contribution in [0.4, 0.5) is 5.69 Å². The SMILES string of the molecule is COc1cccc([C@@H]2Nc3ccc4ccccc4c3C3=C2C(=O)CC(C)(C)C3)c1OCc1ccccc1. The first-order chi connectivity index (χ1) is 17.9. The highest BCUT2D eigenvalue weighted by molar-refractivity contribution is 6.13. The minimum absolute atomic E-state index is 0.104. The molecule has 0 saturated carbocycles. The number of anilines is 1. The second kappa shape index (κ2) is 9.11. The molecule has 4 aromatic carbocycles. The lowest BCUT2D eigenvalue weighted by atomic mass is 9.67. The fourth-order valence-electron chi connectivity index (χ4n) is 5.88. The number of hydrogen-bond donors (Lipinski definition) is 1. The minimum Gasteiger partial charge on any atom is -0.493 e. The Balaban J connectivity index is 1.53. The zero-order valence-electron chi connectivity index (χ0n) is 21.5. The molecule has 1 heterocycles. The van der Waals surface area contributed by atoms with Gasteiger partial charge in [-0.15, -0.1) is 0 Å². The number of Topliss-reactive ketones (excluding diaryl/α,β-unsaturated/α-hetero) is 1. The van der Waals surface area contributed by atoms with E-state index in [1.54, 1.807) is 7.11 Å². The standard InChI is InChI=1S/C33H31NO3/c1-33(2)18-25-29-23-13-8-7-12-22(23)16-17-26(29)34-31(30(25)27(35)19-33)24-14-9-15-28(36-3)32(24)37-20-21-10-5-4-6-11-21/h4-17,31,34H,18-20H2,1-3H3/t31-/m0/s1. The molecule has 0 radical (unpaired) electrons. The quantitative estimate of drug-likeness (QED) is 0.311. The Morgan fingerprint density at radius 1 is 0.892 bits per heavy atom. The number of ketones is 1. The summed E-state index contributed by atoms with van der Waals surface area (Å²) in [5.74, 6) is 1.52. The Labute approximate surface area is 217 Å². The molecule has 0 bridgehead atoms. The molecule has 1 N–H and O–H groups in total. The normalized spacial score (nSPS) is 18.1. The van der Waals surface area contributed by atoms with Crippen LogP contribution in [0.25, 0.3) is 16.3 Å². The van der Waals surface area contributed by atoms with Crippen LogP contribution < -0.4 is 14.8 Å². The van der Waals surface area contributed by atoms with Crippen molar-refractivity contribution < 1.29 is 14.3 Å². The summed E-state index contributed by atoms with van der Waals surface area (Å²) < 4.78 is 12.1. The molecule has 0 saturated heterocycles. The molecule has 1 atom stereocenters. The van der Waals surface area contributed by atoms with Crippen molar-refractivity contribution in [3.05, 3.63) is 107 Å². The largest absolute Gasteiger partial charge is 0.493 e. The van der Waals surface area contributed by atoms with Crippen LogP contribution in [0.5, 0.6) is 11.5 Å². The molecule has 4 nitrogen and oxygen atoms in total. The number of benzene rings is 4. The Morgan fingerprint density at radius 2 is 1.68 bits per heavy atom. The number of carbonyl (C=O) groups is 1. The van der Waals surface area contributed by atoms with Gasteiger partial charge in [-0.3, -0.25) is 4.79 Å². The maximum atomic E-state index is 13.8. The second-order valence-electron chi connectivity index (χ2n) is 10.8. The number of hydrogen-bond acceptors (Lipinski definition) is 4. The minimum atomic E-state index is -0.326. The lowest BCUT2D eigenvalue weighted by Crippen LogP contribution is -2.33. The molecule has 0 fully saturated rings. The Bertz CT molecular complexity index is 1530. The van der Waals surface area contributed by atoms with Crippen LogP contribution in [0, 0.1) is 5.41 Å². The van der Waals surface area contributed by atoms with Crippen molar-refractivity contribution in [1.82, 2.24) is 0 Å². The zero-order valence-corrected chi connectivity index (χ0v) is 21.5. The Hall–Kier alpha value is -4.05. The number of fused-ring (bicyclic) bond motifs is 4. The number of methoxy groups -OCH3 is 1. The van der Waals surface area contributed by atoms with Crippen molar-refractivity contribution in [1.29, 1.82) is 0 Å². The molecular formula is C33H31NO3. The van der Waals surface area contributed by atoms with Crippen LogP contribution in [-0.4, -0.2) is 12.9 Å². The lowest BCUT2D eigenvalue weighted by Gasteiger charge is -2.40. The molecule has 2 aliphatic rings. The van der Waals surface area contributed by atoms with Gasteiger partial charge in [-0.05, 0) is 45.9 Å². The highest BCUT2D eigenvalue weighted by atomic mass is 16.5. The van der Waals surface area contributed by atoms with Crippen molar-refractivity contribution in [2.45, 2.75) is 39.3 Å². The topological polar surface area (TPSA) is 47.6 Å². The smallest absolute Gasteiger partial charge is 0.167 e. The van der Waals surface area contributed by atoms with E-state index in [2.05, 4.69) is 55.6 Å². The van der Waals surface area contributed by atoms with Gasteiger partial charge in [-0.2, -0.15) is 0 Å². The molecule has 37 heavy (non-hydrogen) atoms. The van der Waals surface area contributed by atoms with Crippen molar-refractivity contribution in [2.75, 3.05) is 12.4 Å². The number of ether oxygens (including phenoxy) is 2. The van der Waals surface area contributed by atoms with Crippen LogP contribution in [0.15, 0.2) is 90.5 Å². The fourth-order valence-corrected chi connectivity index (χ4v) is 5.88. The van der Waals surface area contributed by atoms with Crippen molar-refractivity contribution in [2.24, 2.45) is 5.41 Å². The molecule has 0 unspecified atom stereocenters. The number of para-hydroxylation sites is 1.